The highest BCUT2D eigenvalue weighted by Gasteiger charge is 2.36. The molecule has 1 saturated heterocycles. The van der Waals surface area contributed by atoms with Crippen molar-refractivity contribution in [3.63, 3.8) is 0 Å². The molecule has 1 amide bonds. The van der Waals surface area contributed by atoms with E-state index in [0.717, 1.165) is 17.6 Å². The molecule has 5 heterocycles. The molecule has 4 aromatic heterocycles. The van der Waals surface area contributed by atoms with E-state index in [1.165, 1.54) is 16.7 Å². The van der Waals surface area contributed by atoms with Gasteiger partial charge >= 0.3 is 0 Å². The van der Waals surface area contributed by atoms with E-state index in [1.54, 1.807) is 42.6 Å². The fourth-order valence-electron chi connectivity index (χ4n) is 4.95. The van der Waals surface area contributed by atoms with Crippen LogP contribution in [-0.2, 0) is 10.0 Å². The molecule has 0 unspecified atom stereocenters. The summed E-state index contributed by atoms with van der Waals surface area (Å²) >= 11 is 7.15. The topological polar surface area (TPSA) is 139 Å². The summed E-state index contributed by atoms with van der Waals surface area (Å²) in [4.78, 5) is 26.7. The quantitative estimate of drug-likeness (QED) is 0.303. The molecule has 15 heteroatoms. The minimum atomic E-state index is -3.64. The predicted molar refractivity (Wildman–Crippen MR) is 149 cm³/mol. The van der Waals surface area contributed by atoms with Gasteiger partial charge in [0.15, 0.2) is 5.82 Å². The van der Waals surface area contributed by atoms with Crippen LogP contribution in [0.3, 0.4) is 0 Å². The van der Waals surface area contributed by atoms with Crippen LogP contribution in [0.2, 0.25) is 4.34 Å². The van der Waals surface area contributed by atoms with Crippen LogP contribution >= 0.6 is 22.9 Å². The number of thiophene rings is 1. The van der Waals surface area contributed by atoms with Gasteiger partial charge in [-0.05, 0) is 36.8 Å². The van der Waals surface area contributed by atoms with Gasteiger partial charge in [-0.3, -0.25) is 14.9 Å². The van der Waals surface area contributed by atoms with Crippen molar-refractivity contribution >= 4 is 49.9 Å². The number of aromatic amines is 1. The number of rotatable bonds is 6. The number of sulfonamides is 1. The third-order valence-electron chi connectivity index (χ3n) is 6.71. The van der Waals surface area contributed by atoms with E-state index in [9.17, 15) is 13.2 Å². The van der Waals surface area contributed by atoms with Crippen LogP contribution in [0, 0.1) is 5.82 Å². The number of pyridine rings is 1. The number of benzene rings is 1. The number of amides is 1. The van der Waals surface area contributed by atoms with Crippen LogP contribution in [-0.4, -0.2) is 73.7 Å². The molecular formula is C25H22ClFN8O3S2. The molecule has 11 nitrogen and oxygen atoms in total. The Morgan fingerprint density at radius 2 is 2.02 bits per heavy atom. The molecule has 206 valence electrons. The lowest BCUT2D eigenvalue weighted by atomic mass is 10.0. The Morgan fingerprint density at radius 1 is 1.20 bits per heavy atom. The molecule has 1 aromatic carbocycles. The van der Waals surface area contributed by atoms with E-state index < -0.39 is 27.9 Å². The van der Waals surface area contributed by atoms with Crippen LogP contribution in [0.15, 0.2) is 55.0 Å². The summed E-state index contributed by atoms with van der Waals surface area (Å²) in [7, 11) is -3.64. The van der Waals surface area contributed by atoms with E-state index in [0.29, 0.717) is 44.0 Å². The molecule has 1 aliphatic rings. The van der Waals surface area contributed by atoms with E-state index in [2.05, 4.69) is 25.5 Å². The lowest BCUT2D eigenvalue weighted by Crippen LogP contribution is -2.52. The third-order valence-corrected chi connectivity index (χ3v) is 9.18. The first-order valence-corrected chi connectivity index (χ1v) is 15.2. The minimum Gasteiger partial charge on any atom is -0.347 e. The van der Waals surface area contributed by atoms with Crippen molar-refractivity contribution in [3.05, 3.63) is 70.0 Å². The standard InChI is InChI=1S/C25H22ClFN8O3S2/c1-40(37,38)34-11-14(31-25(36)21-6-7-22(26)39-21)8-15(12-34)35-20-9-18(23-29-13-30-33-23)28-10-19(20)32-24(35)16-4-2-3-5-17(16)27/h2-7,9-10,13-15H,8,11-12H2,1H3,(H,31,36)(H,29,30,33)/t14-,15+/m0/s1. The molecule has 6 rings (SSSR count). The summed E-state index contributed by atoms with van der Waals surface area (Å²) in [5, 5.41) is 9.63. The first-order valence-electron chi connectivity index (χ1n) is 12.2. The Balaban J connectivity index is 1.47. The number of carbonyl (C=O) groups is 1. The monoisotopic (exact) mass is 600 g/mol. The van der Waals surface area contributed by atoms with E-state index in [-0.39, 0.29) is 24.6 Å². The average molecular weight is 601 g/mol. The maximum atomic E-state index is 15.1. The van der Waals surface area contributed by atoms with Crippen LogP contribution in [0.5, 0.6) is 0 Å². The van der Waals surface area contributed by atoms with Gasteiger partial charge in [-0.25, -0.2) is 22.8 Å². The average Bonchev–Trinajstić information content (AvgIpc) is 3.68. The van der Waals surface area contributed by atoms with Crippen molar-refractivity contribution in [2.45, 2.75) is 18.5 Å². The maximum Gasteiger partial charge on any atom is 0.261 e. The lowest BCUT2D eigenvalue weighted by molar-refractivity contribution is 0.0914. The summed E-state index contributed by atoms with van der Waals surface area (Å²) in [6, 6.07) is 10.2. The fourth-order valence-corrected chi connectivity index (χ4v) is 6.79. The molecule has 2 atom stereocenters. The van der Waals surface area contributed by atoms with Crippen molar-refractivity contribution < 1.29 is 17.6 Å². The van der Waals surface area contributed by atoms with E-state index in [1.807, 2.05) is 4.57 Å². The molecule has 1 fully saturated rings. The highest BCUT2D eigenvalue weighted by atomic mass is 35.5. The lowest BCUT2D eigenvalue weighted by Gasteiger charge is -2.38. The van der Waals surface area contributed by atoms with Gasteiger partial charge in [0.2, 0.25) is 10.0 Å². The Hall–Kier alpha value is -3.72. The van der Waals surface area contributed by atoms with Gasteiger partial charge in [0.05, 0.1) is 38.8 Å². The summed E-state index contributed by atoms with van der Waals surface area (Å²) in [5.74, 6) is -0.0707. The van der Waals surface area contributed by atoms with Crippen molar-refractivity contribution in [1.29, 1.82) is 0 Å². The molecule has 0 spiro atoms. The van der Waals surface area contributed by atoms with Crippen molar-refractivity contribution in [2.75, 3.05) is 19.3 Å². The second kappa shape index (κ2) is 10.4. The van der Waals surface area contributed by atoms with Gasteiger partial charge in [-0.1, -0.05) is 23.7 Å². The maximum absolute atomic E-state index is 15.1. The predicted octanol–water partition coefficient (Wildman–Crippen LogP) is 3.74. The van der Waals surface area contributed by atoms with Crippen LogP contribution < -0.4 is 5.32 Å². The zero-order valence-corrected chi connectivity index (χ0v) is 23.3. The highest BCUT2D eigenvalue weighted by Crippen LogP contribution is 2.35. The van der Waals surface area contributed by atoms with Gasteiger partial charge in [-0.15, -0.1) is 11.3 Å². The van der Waals surface area contributed by atoms with Gasteiger partial charge in [0.1, 0.15) is 29.2 Å². The first kappa shape index (κ1) is 26.5. The number of fused-ring (bicyclic) bond motifs is 1. The molecule has 0 bridgehead atoms. The number of hydrogen-bond donors (Lipinski definition) is 2. The Labute approximate surface area is 237 Å². The summed E-state index contributed by atoms with van der Waals surface area (Å²) in [6.07, 6.45) is 4.42. The highest BCUT2D eigenvalue weighted by molar-refractivity contribution is 7.88. The first-order chi connectivity index (χ1) is 19.2. The number of piperidine rings is 1. The molecule has 0 saturated carbocycles. The molecule has 5 aromatic rings. The number of hydrogen-bond acceptors (Lipinski definition) is 8. The Morgan fingerprint density at radius 3 is 2.73 bits per heavy atom. The fraction of sp³-hybridized carbons (Fsp3) is 0.240. The van der Waals surface area contributed by atoms with Crippen molar-refractivity contribution in [3.8, 4) is 22.9 Å². The minimum absolute atomic E-state index is 0.0900. The number of imidazole rings is 1. The number of nitrogens with zero attached hydrogens (tertiary/aromatic N) is 6. The zero-order chi connectivity index (χ0) is 28.0. The zero-order valence-electron chi connectivity index (χ0n) is 21.0. The van der Waals surface area contributed by atoms with Crippen LogP contribution in [0.1, 0.15) is 22.1 Å². The van der Waals surface area contributed by atoms with Crippen LogP contribution in [0.25, 0.3) is 33.9 Å². The van der Waals surface area contributed by atoms with Gasteiger partial charge in [-0.2, -0.15) is 9.40 Å². The van der Waals surface area contributed by atoms with E-state index >= 15 is 4.39 Å². The number of nitrogens with one attached hydrogen (secondary N) is 2. The smallest absolute Gasteiger partial charge is 0.261 e. The number of halogens is 2. The Kier molecular flexibility index (Phi) is 6.86. The van der Waals surface area contributed by atoms with Crippen molar-refractivity contribution in [1.82, 2.24) is 39.3 Å². The SMILES string of the molecule is CS(=O)(=O)N1C[C@@H](NC(=O)c2ccc(Cl)s2)C[C@@H](n2c(-c3ccccc3F)nc3cnc(-c4ncn[nH]4)cc32)C1. The largest absolute Gasteiger partial charge is 0.347 e. The summed E-state index contributed by atoms with van der Waals surface area (Å²) < 4.78 is 44.3. The Bertz CT molecular complexity index is 1820. The molecule has 40 heavy (non-hydrogen) atoms. The second-order valence-electron chi connectivity index (χ2n) is 9.42. The molecule has 2 N–H and O–H groups in total. The normalized spacial score (nSPS) is 18.3. The summed E-state index contributed by atoms with van der Waals surface area (Å²) in [5.41, 5.74) is 1.84. The molecule has 1 aliphatic heterocycles. The van der Waals surface area contributed by atoms with Gasteiger partial charge < -0.3 is 9.88 Å². The third kappa shape index (κ3) is 5.10. The molecule has 0 aliphatic carbocycles. The van der Waals surface area contributed by atoms with E-state index in [4.69, 9.17) is 16.6 Å². The number of H-pyrrole nitrogens is 1. The van der Waals surface area contributed by atoms with Crippen LogP contribution in [0.4, 0.5) is 4.39 Å². The number of carbonyl (C=O) groups excluding carboxylic acids is 1. The second-order valence-corrected chi connectivity index (χ2v) is 13.1. The molecular weight excluding hydrogens is 579 g/mol. The van der Waals surface area contributed by atoms with Gasteiger partial charge in [0.25, 0.3) is 5.91 Å². The molecule has 0 radical (unpaired) electrons. The summed E-state index contributed by atoms with van der Waals surface area (Å²) in [6.45, 7) is 0.190. The van der Waals surface area contributed by atoms with Gasteiger partial charge in [0, 0.05) is 19.1 Å². The number of aromatic nitrogens is 6. The van der Waals surface area contributed by atoms with Crippen molar-refractivity contribution in [2.24, 2.45) is 0 Å².